The van der Waals surface area contributed by atoms with Crippen molar-refractivity contribution in [2.75, 3.05) is 29.2 Å². The molecule has 10 heteroatoms. The number of methoxy groups -OCH3 is 1. The van der Waals surface area contributed by atoms with Crippen molar-refractivity contribution < 1.29 is 14.3 Å². The van der Waals surface area contributed by atoms with E-state index in [0.717, 1.165) is 11.8 Å². The number of nitrogens with one attached hydrogen (secondary N) is 3. The van der Waals surface area contributed by atoms with Crippen LogP contribution in [0.25, 0.3) is 0 Å². The molecule has 154 valence electrons. The Labute approximate surface area is 176 Å². The first kappa shape index (κ1) is 20.9. The molecule has 1 heterocycles. The highest BCUT2D eigenvalue weighted by Gasteiger charge is 2.15. The largest absolute Gasteiger partial charge is 0.495 e. The van der Waals surface area contributed by atoms with E-state index in [2.05, 4.69) is 20.6 Å². The summed E-state index contributed by atoms with van der Waals surface area (Å²) >= 11 is 1.00. The fraction of sp³-hybridized carbons (Fsp3) is 0.100. The Hall–Kier alpha value is -3.79. The average Bonchev–Trinajstić information content (AvgIpc) is 2.75. The monoisotopic (exact) mass is 425 g/mol. The lowest BCUT2D eigenvalue weighted by atomic mass is 10.2. The van der Waals surface area contributed by atoms with Gasteiger partial charge in [-0.3, -0.25) is 19.4 Å². The summed E-state index contributed by atoms with van der Waals surface area (Å²) in [4.78, 5) is 43.3. The lowest BCUT2D eigenvalue weighted by Crippen LogP contribution is -2.23. The molecule has 0 aliphatic rings. The standard InChI is InChI=1S/C20H19N5O4S/c1-29-14-10-6-5-9-13(14)22-15(26)11-30-20-24-17(21)16(19(28)25-20)23-18(27)12-7-3-2-4-8-12/h2-10H,11H2,1H3,(H,22,26)(H,23,27)(H3,21,24,25,28). The van der Waals surface area contributed by atoms with E-state index >= 15 is 0 Å². The highest BCUT2D eigenvalue weighted by Crippen LogP contribution is 2.24. The van der Waals surface area contributed by atoms with Crippen LogP contribution in [0.5, 0.6) is 5.75 Å². The fourth-order valence-corrected chi connectivity index (χ4v) is 3.17. The Morgan fingerprint density at radius 1 is 1.10 bits per heavy atom. The molecule has 0 aliphatic carbocycles. The third-order valence-corrected chi connectivity index (χ3v) is 4.79. The molecule has 0 saturated carbocycles. The summed E-state index contributed by atoms with van der Waals surface area (Å²) < 4.78 is 5.18. The van der Waals surface area contributed by atoms with Crippen molar-refractivity contribution in [1.29, 1.82) is 0 Å². The molecule has 30 heavy (non-hydrogen) atoms. The minimum Gasteiger partial charge on any atom is -0.495 e. The molecular formula is C20H19N5O4S. The molecule has 0 aliphatic heterocycles. The van der Waals surface area contributed by atoms with Gasteiger partial charge in [-0.1, -0.05) is 42.1 Å². The van der Waals surface area contributed by atoms with E-state index in [-0.39, 0.29) is 28.3 Å². The zero-order chi connectivity index (χ0) is 21.5. The summed E-state index contributed by atoms with van der Waals surface area (Å²) in [6.45, 7) is 0. The van der Waals surface area contributed by atoms with Gasteiger partial charge in [0, 0.05) is 5.56 Å². The van der Waals surface area contributed by atoms with Crippen LogP contribution in [-0.2, 0) is 4.79 Å². The maximum absolute atomic E-state index is 12.3. The second-order valence-corrected chi connectivity index (χ2v) is 6.95. The van der Waals surface area contributed by atoms with Gasteiger partial charge in [0.2, 0.25) is 5.91 Å². The average molecular weight is 425 g/mol. The predicted octanol–water partition coefficient (Wildman–Crippen LogP) is 2.34. The van der Waals surface area contributed by atoms with Gasteiger partial charge in [-0.25, -0.2) is 4.98 Å². The molecule has 0 spiro atoms. The van der Waals surface area contributed by atoms with Gasteiger partial charge in [0.15, 0.2) is 11.0 Å². The number of hydrogen-bond donors (Lipinski definition) is 4. The number of anilines is 3. The Morgan fingerprint density at radius 2 is 1.80 bits per heavy atom. The topological polar surface area (TPSA) is 139 Å². The number of rotatable bonds is 7. The number of carbonyl (C=O) groups is 2. The molecule has 0 radical (unpaired) electrons. The summed E-state index contributed by atoms with van der Waals surface area (Å²) in [6.07, 6.45) is 0. The lowest BCUT2D eigenvalue weighted by Gasteiger charge is -2.10. The van der Waals surface area contributed by atoms with E-state index in [4.69, 9.17) is 10.5 Å². The highest BCUT2D eigenvalue weighted by atomic mass is 32.2. The van der Waals surface area contributed by atoms with Crippen LogP contribution >= 0.6 is 11.8 Å². The van der Waals surface area contributed by atoms with E-state index in [9.17, 15) is 14.4 Å². The summed E-state index contributed by atoms with van der Waals surface area (Å²) in [7, 11) is 1.51. The van der Waals surface area contributed by atoms with Crippen molar-refractivity contribution >= 4 is 40.8 Å². The molecular weight excluding hydrogens is 406 g/mol. The number of H-pyrrole nitrogens is 1. The number of carbonyl (C=O) groups excluding carboxylic acids is 2. The molecule has 2 aromatic carbocycles. The molecule has 1 aromatic heterocycles. The van der Waals surface area contributed by atoms with Gasteiger partial charge in [-0.15, -0.1) is 0 Å². The minimum absolute atomic E-state index is 0.0177. The van der Waals surface area contributed by atoms with Crippen LogP contribution in [0.15, 0.2) is 64.5 Å². The maximum Gasteiger partial charge on any atom is 0.277 e. The number of benzene rings is 2. The summed E-state index contributed by atoms with van der Waals surface area (Å²) in [6, 6.07) is 15.4. The number of aromatic amines is 1. The fourth-order valence-electron chi connectivity index (χ4n) is 2.50. The van der Waals surface area contributed by atoms with Crippen molar-refractivity contribution in [3.63, 3.8) is 0 Å². The molecule has 5 N–H and O–H groups in total. The number of hydrogen-bond acceptors (Lipinski definition) is 7. The SMILES string of the molecule is COc1ccccc1NC(=O)CSc1nc(N)c(NC(=O)c2ccccc2)c(=O)[nH]1. The van der Waals surface area contributed by atoms with Crippen molar-refractivity contribution in [3.8, 4) is 5.75 Å². The Morgan fingerprint density at radius 3 is 2.50 bits per heavy atom. The Kier molecular flexibility index (Phi) is 6.71. The first-order chi connectivity index (χ1) is 14.5. The third kappa shape index (κ3) is 5.17. The summed E-state index contributed by atoms with van der Waals surface area (Å²) in [5.74, 6) is -0.421. The highest BCUT2D eigenvalue weighted by molar-refractivity contribution is 7.99. The molecule has 0 unspecified atom stereocenters. The minimum atomic E-state index is -0.612. The molecule has 0 atom stereocenters. The summed E-state index contributed by atoms with van der Waals surface area (Å²) in [5.41, 5.74) is 5.99. The number of amides is 2. The first-order valence-corrected chi connectivity index (χ1v) is 9.78. The van der Waals surface area contributed by atoms with E-state index in [1.807, 2.05) is 0 Å². The van der Waals surface area contributed by atoms with E-state index in [1.54, 1.807) is 54.6 Å². The van der Waals surface area contributed by atoms with Crippen LogP contribution < -0.4 is 26.7 Å². The molecule has 0 bridgehead atoms. The number of para-hydroxylation sites is 2. The Balaban J connectivity index is 1.64. The van der Waals surface area contributed by atoms with Gasteiger partial charge in [-0.05, 0) is 24.3 Å². The van der Waals surface area contributed by atoms with Crippen molar-refractivity contribution in [2.45, 2.75) is 5.16 Å². The van der Waals surface area contributed by atoms with Crippen LogP contribution in [0.1, 0.15) is 10.4 Å². The predicted molar refractivity (Wildman–Crippen MR) is 116 cm³/mol. The summed E-state index contributed by atoms with van der Waals surface area (Å²) in [5, 5.41) is 5.34. The maximum atomic E-state index is 12.3. The van der Waals surface area contributed by atoms with Crippen molar-refractivity contribution in [3.05, 3.63) is 70.5 Å². The van der Waals surface area contributed by atoms with Crippen molar-refractivity contribution in [1.82, 2.24) is 9.97 Å². The van der Waals surface area contributed by atoms with Crippen LogP contribution in [-0.4, -0.2) is 34.6 Å². The van der Waals surface area contributed by atoms with Gasteiger partial charge in [0.25, 0.3) is 11.5 Å². The van der Waals surface area contributed by atoms with Crippen molar-refractivity contribution in [2.24, 2.45) is 0 Å². The van der Waals surface area contributed by atoms with Crippen LogP contribution in [0.4, 0.5) is 17.2 Å². The molecule has 3 rings (SSSR count). The lowest BCUT2D eigenvalue weighted by molar-refractivity contribution is -0.113. The quantitative estimate of drug-likeness (QED) is 0.336. The van der Waals surface area contributed by atoms with E-state index in [0.29, 0.717) is 17.0 Å². The second-order valence-electron chi connectivity index (χ2n) is 5.99. The zero-order valence-electron chi connectivity index (χ0n) is 16.0. The number of nitrogens with zero attached hydrogens (tertiary/aromatic N) is 1. The number of nitrogen functional groups attached to an aromatic ring is 1. The van der Waals surface area contributed by atoms with E-state index < -0.39 is 11.5 Å². The molecule has 9 nitrogen and oxygen atoms in total. The second kappa shape index (κ2) is 9.61. The van der Waals surface area contributed by atoms with Gasteiger partial charge < -0.3 is 21.1 Å². The molecule has 3 aromatic rings. The van der Waals surface area contributed by atoms with Gasteiger partial charge in [0.05, 0.1) is 18.6 Å². The molecule has 0 saturated heterocycles. The normalized spacial score (nSPS) is 10.3. The van der Waals surface area contributed by atoms with E-state index in [1.165, 1.54) is 7.11 Å². The van der Waals surface area contributed by atoms with Crippen LogP contribution in [0.3, 0.4) is 0 Å². The molecule has 2 amide bonds. The van der Waals surface area contributed by atoms with Gasteiger partial charge >= 0.3 is 0 Å². The number of aromatic nitrogens is 2. The smallest absolute Gasteiger partial charge is 0.277 e. The number of ether oxygens (including phenoxy) is 1. The zero-order valence-corrected chi connectivity index (χ0v) is 16.8. The van der Waals surface area contributed by atoms with Crippen LogP contribution in [0.2, 0.25) is 0 Å². The van der Waals surface area contributed by atoms with Crippen LogP contribution in [0, 0.1) is 0 Å². The first-order valence-electron chi connectivity index (χ1n) is 8.80. The van der Waals surface area contributed by atoms with Gasteiger partial charge in [0.1, 0.15) is 11.4 Å². The Bertz CT molecular complexity index is 1120. The number of thioether (sulfide) groups is 1. The number of nitrogens with two attached hydrogens (primary N) is 1. The third-order valence-electron chi connectivity index (χ3n) is 3.92. The molecule has 0 fully saturated rings. The van der Waals surface area contributed by atoms with Gasteiger partial charge in [-0.2, -0.15) is 0 Å².